The van der Waals surface area contributed by atoms with Gasteiger partial charge in [-0.15, -0.1) is 0 Å². The zero-order valence-electron chi connectivity index (χ0n) is 19.9. The molecule has 0 aromatic heterocycles. The Morgan fingerprint density at radius 2 is 1.61 bits per heavy atom. The second-order valence-corrected chi connectivity index (χ2v) is 14.0. The quantitative estimate of drug-likeness (QED) is 0.361. The number of benzene rings is 2. The third kappa shape index (κ3) is 4.18. The van der Waals surface area contributed by atoms with Crippen molar-refractivity contribution in [2.75, 3.05) is 0 Å². The first-order valence-corrected chi connectivity index (χ1v) is 15.1. The van der Waals surface area contributed by atoms with Crippen molar-refractivity contribution in [3.8, 4) is 5.75 Å². The van der Waals surface area contributed by atoms with Gasteiger partial charge in [-0.25, -0.2) is 0 Å². The van der Waals surface area contributed by atoms with Gasteiger partial charge in [0.25, 0.3) is 0 Å². The van der Waals surface area contributed by atoms with E-state index in [2.05, 4.69) is 70.5 Å². The van der Waals surface area contributed by atoms with Gasteiger partial charge in [-0.1, -0.05) is 51.1 Å². The highest BCUT2D eigenvalue weighted by atomic mass is 28.3. The molecule has 2 aromatic rings. The lowest BCUT2D eigenvalue weighted by atomic mass is 9.54. The zero-order valence-corrected chi connectivity index (χ0v) is 21.1. The van der Waals surface area contributed by atoms with E-state index in [1.54, 1.807) is 5.57 Å². The van der Waals surface area contributed by atoms with Crippen LogP contribution < -0.4 is 4.43 Å². The van der Waals surface area contributed by atoms with E-state index in [-0.39, 0.29) is 5.41 Å². The minimum atomic E-state index is -1.23. The summed E-state index contributed by atoms with van der Waals surface area (Å²) in [6.07, 6.45) is 9.26. The van der Waals surface area contributed by atoms with Gasteiger partial charge < -0.3 is 9.16 Å². The van der Waals surface area contributed by atoms with Crippen molar-refractivity contribution in [1.82, 2.24) is 0 Å². The molecule has 3 heteroatoms. The molecule has 0 spiro atoms. The van der Waals surface area contributed by atoms with Gasteiger partial charge in [-0.05, 0) is 90.8 Å². The van der Waals surface area contributed by atoms with Gasteiger partial charge in [0, 0.05) is 10.9 Å². The summed E-state index contributed by atoms with van der Waals surface area (Å²) in [5.74, 6) is 4.62. The second-order valence-electron chi connectivity index (χ2n) is 11.6. The van der Waals surface area contributed by atoms with Crippen LogP contribution in [0.1, 0.15) is 64.0 Å². The van der Waals surface area contributed by atoms with Gasteiger partial charge in [0.15, 0.2) is 0 Å². The Labute approximate surface area is 189 Å². The number of rotatable bonds is 5. The standard InChI is InChI=1S/C28H38O2Si/c1-28(2,3)24-8-9-25-20(15-24)6-7-21(27(25)30-31(4)5)16-29-17-26-22-11-18-10-19(13-22)14-23(26)12-18/h6-9,15,17-19,22-23,31H,10-14,16H2,1-5H3. The van der Waals surface area contributed by atoms with Crippen molar-refractivity contribution >= 4 is 19.8 Å². The van der Waals surface area contributed by atoms with Gasteiger partial charge in [-0.2, -0.15) is 0 Å². The Kier molecular flexibility index (Phi) is 5.44. The average molecular weight is 435 g/mol. The monoisotopic (exact) mass is 434 g/mol. The molecule has 31 heavy (non-hydrogen) atoms. The molecule has 2 nitrogen and oxygen atoms in total. The first-order valence-electron chi connectivity index (χ1n) is 12.3. The molecule has 4 aliphatic rings. The summed E-state index contributed by atoms with van der Waals surface area (Å²) in [4.78, 5) is 0. The third-order valence-electron chi connectivity index (χ3n) is 7.81. The molecule has 0 aliphatic heterocycles. The maximum Gasteiger partial charge on any atom is 0.229 e. The predicted octanol–water partition coefficient (Wildman–Crippen LogP) is 7.36. The van der Waals surface area contributed by atoms with E-state index < -0.39 is 9.04 Å². The molecule has 4 bridgehead atoms. The third-order valence-corrected chi connectivity index (χ3v) is 8.52. The molecule has 0 atom stereocenters. The Morgan fingerprint density at radius 3 is 2.23 bits per heavy atom. The van der Waals surface area contributed by atoms with Crippen LogP contribution in [0.3, 0.4) is 0 Å². The van der Waals surface area contributed by atoms with Gasteiger partial charge in [0.1, 0.15) is 12.4 Å². The lowest BCUT2D eigenvalue weighted by molar-refractivity contribution is 0.0631. The molecule has 0 heterocycles. The number of hydrogen-bond acceptors (Lipinski definition) is 2. The largest absolute Gasteiger partial charge is 0.546 e. The molecular weight excluding hydrogens is 396 g/mol. The molecule has 4 fully saturated rings. The lowest BCUT2D eigenvalue weighted by Gasteiger charge is -2.51. The number of allylic oxidation sites excluding steroid dienone is 1. The van der Waals surface area contributed by atoms with Crippen molar-refractivity contribution < 1.29 is 9.16 Å². The highest BCUT2D eigenvalue weighted by Crippen LogP contribution is 2.56. The Hall–Kier alpha value is -1.74. The SMILES string of the molecule is C[SiH](C)Oc1c(COC=C2C3CC4CC(C3)CC2C4)ccc2cc(C(C)(C)C)ccc12. The number of hydrogen-bond donors (Lipinski definition) is 0. The van der Waals surface area contributed by atoms with Crippen LogP contribution in [0.25, 0.3) is 10.8 Å². The van der Waals surface area contributed by atoms with E-state index >= 15 is 0 Å². The summed E-state index contributed by atoms with van der Waals surface area (Å²) in [6, 6.07) is 11.3. The second kappa shape index (κ2) is 7.99. The summed E-state index contributed by atoms with van der Waals surface area (Å²) in [6.45, 7) is 11.9. The van der Waals surface area contributed by atoms with E-state index in [9.17, 15) is 0 Å². The molecule has 6 rings (SSSR count). The Morgan fingerprint density at radius 1 is 0.935 bits per heavy atom. The molecule has 0 unspecified atom stereocenters. The van der Waals surface area contributed by atoms with Gasteiger partial charge in [0.05, 0.1) is 6.26 Å². The molecule has 0 N–H and O–H groups in total. The topological polar surface area (TPSA) is 18.5 Å². The summed E-state index contributed by atoms with van der Waals surface area (Å²) in [7, 11) is -1.23. The smallest absolute Gasteiger partial charge is 0.229 e. The highest BCUT2D eigenvalue weighted by Gasteiger charge is 2.45. The van der Waals surface area contributed by atoms with Crippen LogP contribution in [0.5, 0.6) is 5.75 Å². The Balaban J connectivity index is 1.40. The Bertz CT molecular complexity index is 968. The van der Waals surface area contributed by atoms with Gasteiger partial charge in [0.2, 0.25) is 9.04 Å². The normalized spacial score (nSPS) is 27.2. The van der Waals surface area contributed by atoms with Crippen molar-refractivity contribution in [2.24, 2.45) is 23.7 Å². The first kappa shape index (κ1) is 21.1. The molecular formula is C28H38O2Si. The van der Waals surface area contributed by atoms with Crippen LogP contribution in [-0.2, 0) is 16.8 Å². The van der Waals surface area contributed by atoms with Crippen LogP contribution in [0.15, 0.2) is 42.2 Å². The van der Waals surface area contributed by atoms with Crippen LogP contribution in [-0.4, -0.2) is 9.04 Å². The van der Waals surface area contributed by atoms with Crippen LogP contribution in [0, 0.1) is 23.7 Å². The fraction of sp³-hybridized carbons (Fsp3) is 0.571. The van der Waals surface area contributed by atoms with Crippen molar-refractivity contribution in [3.63, 3.8) is 0 Å². The summed E-state index contributed by atoms with van der Waals surface area (Å²) < 4.78 is 12.7. The molecule has 4 saturated carbocycles. The van der Waals surface area contributed by atoms with E-state index in [0.717, 1.165) is 29.4 Å². The molecule has 4 aliphatic carbocycles. The first-order chi connectivity index (χ1) is 14.8. The zero-order chi connectivity index (χ0) is 21.8. The number of fused-ring (bicyclic) bond motifs is 1. The van der Waals surface area contributed by atoms with Crippen LogP contribution in [0.4, 0.5) is 0 Å². The maximum absolute atomic E-state index is 6.46. The van der Waals surface area contributed by atoms with Crippen LogP contribution in [0.2, 0.25) is 13.1 Å². The predicted molar refractivity (Wildman–Crippen MR) is 132 cm³/mol. The molecule has 0 saturated heterocycles. The van der Waals surface area contributed by atoms with E-state index in [0.29, 0.717) is 6.61 Å². The minimum absolute atomic E-state index is 0.147. The highest BCUT2D eigenvalue weighted by molar-refractivity contribution is 6.49. The minimum Gasteiger partial charge on any atom is -0.546 e. The maximum atomic E-state index is 6.46. The fourth-order valence-electron chi connectivity index (χ4n) is 6.45. The number of ether oxygens (including phenoxy) is 1. The van der Waals surface area contributed by atoms with E-state index in [4.69, 9.17) is 9.16 Å². The molecule has 2 aromatic carbocycles. The molecule has 0 radical (unpaired) electrons. The molecule has 0 amide bonds. The van der Waals surface area contributed by atoms with Gasteiger partial charge in [-0.3, -0.25) is 0 Å². The van der Waals surface area contributed by atoms with Crippen LogP contribution >= 0.6 is 0 Å². The summed E-state index contributed by atoms with van der Waals surface area (Å²) in [5, 5.41) is 2.48. The molecule has 166 valence electrons. The lowest BCUT2D eigenvalue weighted by Crippen LogP contribution is -2.40. The van der Waals surface area contributed by atoms with Gasteiger partial charge >= 0.3 is 0 Å². The van der Waals surface area contributed by atoms with E-state index in [1.807, 2.05) is 0 Å². The van der Waals surface area contributed by atoms with Crippen molar-refractivity contribution in [3.05, 3.63) is 53.3 Å². The van der Waals surface area contributed by atoms with Crippen molar-refractivity contribution in [2.45, 2.75) is 78.0 Å². The van der Waals surface area contributed by atoms with Crippen molar-refractivity contribution in [1.29, 1.82) is 0 Å². The van der Waals surface area contributed by atoms with E-state index in [1.165, 1.54) is 54.0 Å². The summed E-state index contributed by atoms with van der Waals surface area (Å²) >= 11 is 0. The average Bonchev–Trinajstić information content (AvgIpc) is 2.69. The fourth-order valence-corrected chi connectivity index (χ4v) is 7.20. The summed E-state index contributed by atoms with van der Waals surface area (Å²) in [5.41, 5.74) is 4.30.